The lowest BCUT2D eigenvalue weighted by molar-refractivity contribution is 1.18. The molecule has 0 atom stereocenters. The van der Waals surface area contributed by atoms with Crippen LogP contribution in [-0.2, 0) is 0 Å². The quantitative estimate of drug-likeness (QED) is 0.181. The van der Waals surface area contributed by atoms with Gasteiger partial charge in [0, 0.05) is 38.5 Å². The molecule has 0 radical (unpaired) electrons. The first-order valence-corrected chi connectivity index (χ1v) is 16.2. The molecule has 5 heteroatoms. The van der Waals surface area contributed by atoms with E-state index in [9.17, 15) is 10.5 Å². The van der Waals surface area contributed by atoms with Gasteiger partial charge in [0.25, 0.3) is 0 Å². The van der Waals surface area contributed by atoms with Gasteiger partial charge in [-0.3, -0.25) is 0 Å². The molecule has 0 aliphatic carbocycles. The molecule has 0 N–H and O–H groups in total. The van der Waals surface area contributed by atoms with Crippen molar-refractivity contribution < 1.29 is 0 Å². The van der Waals surface area contributed by atoms with E-state index in [1.54, 1.807) is 0 Å². The molecule has 0 aliphatic heterocycles. The Morgan fingerprint density at radius 2 is 1.02 bits per heavy atom. The van der Waals surface area contributed by atoms with Gasteiger partial charge in [-0.2, -0.15) is 10.5 Å². The number of fused-ring (bicyclic) bond motifs is 6. The summed E-state index contributed by atoms with van der Waals surface area (Å²) in [4.78, 5) is 3.79. The van der Waals surface area contributed by atoms with Crippen molar-refractivity contribution >= 4 is 49.3 Å². The fraction of sp³-hybridized carbons (Fsp3) is 0. The van der Waals surface area contributed by atoms with Crippen LogP contribution in [0.1, 0.15) is 11.1 Å². The number of benzene rings is 7. The van der Waals surface area contributed by atoms with Gasteiger partial charge in [0.05, 0.1) is 51.9 Å². The van der Waals surface area contributed by atoms with Crippen LogP contribution in [0.2, 0.25) is 0 Å². The molecule has 0 fully saturated rings. The third-order valence-electron chi connectivity index (χ3n) is 9.57. The fourth-order valence-corrected chi connectivity index (χ4v) is 7.33. The maximum atomic E-state index is 9.66. The monoisotopic (exact) mass is 635 g/mol. The summed E-state index contributed by atoms with van der Waals surface area (Å²) in [5.74, 6) is 0. The van der Waals surface area contributed by atoms with E-state index >= 15 is 0 Å². The number of aromatic nitrogens is 2. The summed E-state index contributed by atoms with van der Waals surface area (Å²) in [5, 5.41) is 23.5. The largest absolute Gasteiger partial charge is 0.310 e. The summed E-state index contributed by atoms with van der Waals surface area (Å²) in [6.07, 6.45) is 0. The summed E-state index contributed by atoms with van der Waals surface area (Å²) in [5.41, 5.74) is 12.0. The lowest BCUT2D eigenvalue weighted by Crippen LogP contribution is -1.97. The molecule has 7 aromatic carbocycles. The second kappa shape index (κ2) is 11.4. The van der Waals surface area contributed by atoms with Gasteiger partial charge in [-0.05, 0) is 89.5 Å². The predicted octanol–water partition coefficient (Wildman–Crippen LogP) is 11.5. The van der Waals surface area contributed by atoms with Gasteiger partial charge in [-0.1, -0.05) is 78.9 Å². The van der Waals surface area contributed by atoms with Crippen LogP contribution < -0.4 is 0 Å². The SMILES string of the molecule is [C-]#[N+]c1ccc(-c2cccc(-c3cccc(-n4c5ccccc5c5cc(C#N)ccc54)c3)c2)c(-n2c3ccccc3c3cc(C#N)ccc32)c1. The summed E-state index contributed by atoms with van der Waals surface area (Å²) in [6.45, 7) is 7.83. The molecule has 9 rings (SSSR count). The number of nitrogens with zero attached hydrogens (tertiary/aromatic N) is 5. The highest BCUT2D eigenvalue weighted by Gasteiger charge is 2.18. The fourth-order valence-electron chi connectivity index (χ4n) is 7.33. The molecule has 50 heavy (non-hydrogen) atoms. The smallest absolute Gasteiger partial charge is 0.189 e. The van der Waals surface area contributed by atoms with Gasteiger partial charge in [0.15, 0.2) is 5.69 Å². The molecule has 0 saturated carbocycles. The molecule has 2 aromatic heterocycles. The predicted molar refractivity (Wildman–Crippen MR) is 202 cm³/mol. The Balaban J connectivity index is 1.22. The Labute approximate surface area is 288 Å². The van der Waals surface area contributed by atoms with Gasteiger partial charge >= 0.3 is 0 Å². The zero-order chi connectivity index (χ0) is 33.8. The van der Waals surface area contributed by atoms with Crippen LogP contribution in [0.4, 0.5) is 5.69 Å². The zero-order valence-corrected chi connectivity index (χ0v) is 26.7. The van der Waals surface area contributed by atoms with Gasteiger partial charge in [0.1, 0.15) is 0 Å². The van der Waals surface area contributed by atoms with Crippen molar-refractivity contribution in [1.82, 2.24) is 9.13 Å². The first kappa shape index (κ1) is 28.8. The van der Waals surface area contributed by atoms with E-state index < -0.39 is 0 Å². The number of hydrogen-bond acceptors (Lipinski definition) is 2. The van der Waals surface area contributed by atoms with Crippen LogP contribution in [-0.4, -0.2) is 9.13 Å². The van der Waals surface area contributed by atoms with Gasteiger partial charge < -0.3 is 9.13 Å². The Hall–Kier alpha value is -7.39. The van der Waals surface area contributed by atoms with E-state index in [4.69, 9.17) is 6.57 Å². The molecule has 9 aromatic rings. The van der Waals surface area contributed by atoms with E-state index in [1.165, 1.54) is 0 Å². The van der Waals surface area contributed by atoms with Crippen molar-refractivity contribution in [3.05, 3.63) is 174 Å². The van der Waals surface area contributed by atoms with E-state index in [-0.39, 0.29) is 0 Å². The van der Waals surface area contributed by atoms with Crippen LogP contribution in [0.15, 0.2) is 152 Å². The van der Waals surface area contributed by atoms with E-state index in [0.717, 1.165) is 77.2 Å². The summed E-state index contributed by atoms with van der Waals surface area (Å²) in [7, 11) is 0. The minimum atomic E-state index is 0.556. The Morgan fingerprint density at radius 1 is 0.460 bits per heavy atom. The topological polar surface area (TPSA) is 61.8 Å². The molecule has 0 unspecified atom stereocenters. The second-order valence-corrected chi connectivity index (χ2v) is 12.3. The highest BCUT2D eigenvalue weighted by molar-refractivity contribution is 6.11. The number of rotatable bonds is 4. The number of hydrogen-bond donors (Lipinski definition) is 0. The van der Waals surface area contributed by atoms with Gasteiger partial charge in [0.2, 0.25) is 0 Å². The molecule has 2 heterocycles. The maximum Gasteiger partial charge on any atom is 0.189 e. The van der Waals surface area contributed by atoms with Crippen molar-refractivity contribution in [2.45, 2.75) is 0 Å². The van der Waals surface area contributed by atoms with Crippen LogP contribution in [0.3, 0.4) is 0 Å². The van der Waals surface area contributed by atoms with E-state index in [1.807, 2.05) is 78.9 Å². The minimum absolute atomic E-state index is 0.556. The highest BCUT2D eigenvalue weighted by atomic mass is 15.0. The summed E-state index contributed by atoms with van der Waals surface area (Å²) >= 11 is 0. The maximum absolute atomic E-state index is 9.66. The lowest BCUT2D eigenvalue weighted by atomic mass is 9.97. The van der Waals surface area contributed by atoms with Crippen molar-refractivity contribution in [3.63, 3.8) is 0 Å². The number of para-hydroxylation sites is 2. The van der Waals surface area contributed by atoms with Crippen molar-refractivity contribution in [3.8, 4) is 45.8 Å². The van der Waals surface area contributed by atoms with E-state index in [0.29, 0.717) is 16.8 Å². The molecule has 0 saturated heterocycles. The van der Waals surface area contributed by atoms with Gasteiger partial charge in [-0.25, -0.2) is 4.85 Å². The van der Waals surface area contributed by atoms with Crippen LogP contribution >= 0.6 is 0 Å². The molecule has 230 valence electrons. The Bertz CT molecular complexity index is 2970. The van der Waals surface area contributed by atoms with Crippen molar-refractivity contribution in [2.75, 3.05) is 0 Å². The molecule has 0 aliphatic rings. The molecule has 5 nitrogen and oxygen atoms in total. The van der Waals surface area contributed by atoms with Crippen molar-refractivity contribution in [2.24, 2.45) is 0 Å². The first-order chi connectivity index (χ1) is 24.6. The average molecular weight is 636 g/mol. The Morgan fingerprint density at radius 3 is 1.68 bits per heavy atom. The minimum Gasteiger partial charge on any atom is -0.310 e. The molecule has 0 spiro atoms. The normalized spacial score (nSPS) is 11.1. The zero-order valence-electron chi connectivity index (χ0n) is 26.7. The Kier molecular flexibility index (Phi) is 6.56. The summed E-state index contributed by atoms with van der Waals surface area (Å²) in [6, 6.07) is 55.7. The molecular formula is C45H25N5. The van der Waals surface area contributed by atoms with Crippen LogP contribution in [0.5, 0.6) is 0 Å². The summed E-state index contributed by atoms with van der Waals surface area (Å²) < 4.78 is 4.48. The third-order valence-corrected chi connectivity index (χ3v) is 9.57. The number of nitriles is 2. The van der Waals surface area contributed by atoms with Gasteiger partial charge in [-0.15, -0.1) is 0 Å². The second-order valence-electron chi connectivity index (χ2n) is 12.3. The highest BCUT2D eigenvalue weighted by Crippen LogP contribution is 2.40. The average Bonchev–Trinajstić information content (AvgIpc) is 3.69. The van der Waals surface area contributed by atoms with Crippen molar-refractivity contribution in [1.29, 1.82) is 10.5 Å². The third kappa shape index (κ3) is 4.45. The standard InChI is InChI=1S/C45H25N5/c1-48-34-18-19-36(45(26-34)50-42-15-5-3-13-38(42)40-23-30(28-47)17-21-44(40)50)33-10-6-8-31(24-33)32-9-7-11-35(25-32)49-41-14-4-2-12-37(41)39-22-29(27-46)16-20-43(39)49/h2-26H. The molecular weight excluding hydrogens is 611 g/mol. The lowest BCUT2D eigenvalue weighted by Gasteiger charge is -2.16. The molecule has 0 amide bonds. The first-order valence-electron chi connectivity index (χ1n) is 16.2. The van der Waals surface area contributed by atoms with Crippen LogP contribution in [0, 0.1) is 29.2 Å². The van der Waals surface area contributed by atoms with E-state index in [2.05, 4.69) is 98.9 Å². The molecule has 0 bridgehead atoms. The van der Waals surface area contributed by atoms with Crippen LogP contribution in [0.25, 0.3) is 82.1 Å².